The summed E-state index contributed by atoms with van der Waals surface area (Å²) in [5.41, 5.74) is 4.17. The van der Waals surface area contributed by atoms with Crippen molar-refractivity contribution in [3.8, 4) is 5.75 Å². The van der Waals surface area contributed by atoms with Crippen LogP contribution in [0, 0.1) is 0 Å². The molecule has 5 rings (SSSR count). The van der Waals surface area contributed by atoms with Gasteiger partial charge in [0.25, 0.3) is 0 Å². The Labute approximate surface area is 197 Å². The molecule has 3 aromatic rings. The molecule has 0 bridgehead atoms. The highest BCUT2D eigenvalue weighted by molar-refractivity contribution is 6.31. The maximum absolute atomic E-state index is 13.0. The van der Waals surface area contributed by atoms with Gasteiger partial charge in [-0.25, -0.2) is 4.79 Å². The molecule has 1 saturated heterocycles. The highest BCUT2D eigenvalue weighted by Crippen LogP contribution is 2.39. The number of rotatable bonds is 6. The van der Waals surface area contributed by atoms with E-state index in [1.807, 2.05) is 49.4 Å². The normalized spacial score (nSPS) is 18.5. The average molecular weight is 471 g/mol. The number of nitrogens with one attached hydrogen (secondary N) is 1. The van der Waals surface area contributed by atoms with Crippen LogP contribution >= 0.6 is 11.6 Å². The topological polar surface area (TPSA) is 73.0 Å². The van der Waals surface area contributed by atoms with Crippen LogP contribution in [0.2, 0.25) is 5.02 Å². The SMILES string of the molecule is CCCOC(=O)N1CCc2c([nH]c3ccc(Cl)cc23)C1c1ccc(OCC2OCCO2)cc1. The summed E-state index contributed by atoms with van der Waals surface area (Å²) >= 11 is 6.27. The Kier molecular flexibility index (Phi) is 6.44. The lowest BCUT2D eigenvalue weighted by Gasteiger charge is -2.35. The van der Waals surface area contributed by atoms with E-state index in [-0.39, 0.29) is 18.4 Å². The third-order valence-electron chi connectivity index (χ3n) is 6.03. The van der Waals surface area contributed by atoms with Crippen LogP contribution in [-0.4, -0.2) is 55.2 Å². The van der Waals surface area contributed by atoms with Crippen molar-refractivity contribution in [1.29, 1.82) is 0 Å². The summed E-state index contributed by atoms with van der Waals surface area (Å²) < 4.78 is 22.2. The number of carbonyl (C=O) groups excluding carboxylic acids is 1. The van der Waals surface area contributed by atoms with Gasteiger partial charge in [-0.2, -0.15) is 0 Å². The standard InChI is InChI=1S/C25H27ClN2O5/c1-2-11-32-25(29)28-10-9-19-20-14-17(26)5-8-21(20)27-23(19)24(28)16-3-6-18(7-4-16)33-15-22-30-12-13-31-22/h3-8,14,22,24,27H,2,9-13,15H2,1H3. The Morgan fingerprint density at radius 2 is 1.97 bits per heavy atom. The van der Waals surface area contributed by atoms with Crippen molar-refractivity contribution in [2.45, 2.75) is 32.1 Å². The maximum atomic E-state index is 13.0. The van der Waals surface area contributed by atoms with Crippen LogP contribution in [0.4, 0.5) is 4.79 Å². The molecule has 1 unspecified atom stereocenters. The van der Waals surface area contributed by atoms with Crippen LogP contribution in [0.3, 0.4) is 0 Å². The van der Waals surface area contributed by atoms with Gasteiger partial charge in [0.15, 0.2) is 6.29 Å². The van der Waals surface area contributed by atoms with Gasteiger partial charge in [0, 0.05) is 28.2 Å². The molecule has 0 spiro atoms. The molecule has 1 aromatic heterocycles. The Hall–Kier alpha value is -2.74. The first kappa shape index (κ1) is 22.1. The highest BCUT2D eigenvalue weighted by atomic mass is 35.5. The fourth-order valence-electron chi connectivity index (χ4n) is 4.49. The zero-order chi connectivity index (χ0) is 22.8. The number of amides is 1. The van der Waals surface area contributed by atoms with Gasteiger partial charge >= 0.3 is 6.09 Å². The van der Waals surface area contributed by atoms with E-state index < -0.39 is 0 Å². The molecule has 1 fully saturated rings. The van der Waals surface area contributed by atoms with Gasteiger partial charge < -0.3 is 23.9 Å². The Balaban J connectivity index is 1.46. The van der Waals surface area contributed by atoms with Gasteiger partial charge in [0.05, 0.1) is 19.8 Å². The van der Waals surface area contributed by atoms with E-state index >= 15 is 0 Å². The number of nitrogens with zero attached hydrogens (tertiary/aromatic N) is 1. The lowest BCUT2D eigenvalue weighted by molar-refractivity contribution is -0.0684. The predicted molar refractivity (Wildman–Crippen MR) is 125 cm³/mol. The van der Waals surface area contributed by atoms with Gasteiger partial charge in [0.1, 0.15) is 18.4 Å². The Morgan fingerprint density at radius 1 is 1.18 bits per heavy atom. The molecule has 8 heteroatoms. The summed E-state index contributed by atoms with van der Waals surface area (Å²) in [4.78, 5) is 18.3. The monoisotopic (exact) mass is 470 g/mol. The first-order chi connectivity index (χ1) is 16.1. The lowest BCUT2D eigenvalue weighted by atomic mass is 9.92. The first-order valence-corrected chi connectivity index (χ1v) is 11.7. The predicted octanol–water partition coefficient (Wildman–Crippen LogP) is 5.07. The van der Waals surface area contributed by atoms with Crippen molar-refractivity contribution in [2.24, 2.45) is 0 Å². The van der Waals surface area contributed by atoms with E-state index in [0.29, 0.717) is 38.0 Å². The molecule has 0 radical (unpaired) electrons. The summed E-state index contributed by atoms with van der Waals surface area (Å²) in [5.74, 6) is 0.720. The number of aromatic nitrogens is 1. The second kappa shape index (κ2) is 9.63. The first-order valence-electron chi connectivity index (χ1n) is 11.3. The van der Waals surface area contributed by atoms with Gasteiger partial charge in [-0.05, 0) is 54.3 Å². The van der Waals surface area contributed by atoms with Crippen LogP contribution in [-0.2, 0) is 20.6 Å². The maximum Gasteiger partial charge on any atom is 0.410 e. The number of benzene rings is 2. The summed E-state index contributed by atoms with van der Waals surface area (Å²) in [6.45, 7) is 4.48. The summed E-state index contributed by atoms with van der Waals surface area (Å²) in [6.07, 6.45) is 0.879. The molecule has 2 aliphatic rings. The molecule has 0 aliphatic carbocycles. The molecule has 2 aromatic carbocycles. The van der Waals surface area contributed by atoms with Crippen molar-refractivity contribution in [2.75, 3.05) is 33.0 Å². The molecule has 7 nitrogen and oxygen atoms in total. The Morgan fingerprint density at radius 3 is 2.73 bits per heavy atom. The minimum atomic E-state index is -0.326. The third kappa shape index (κ3) is 4.53. The van der Waals surface area contributed by atoms with Crippen LogP contribution < -0.4 is 4.74 Å². The summed E-state index contributed by atoms with van der Waals surface area (Å²) in [7, 11) is 0. The van der Waals surface area contributed by atoms with Crippen LogP contribution in [0.5, 0.6) is 5.75 Å². The van der Waals surface area contributed by atoms with Crippen LogP contribution in [0.25, 0.3) is 10.9 Å². The molecule has 1 N–H and O–H groups in total. The van der Waals surface area contributed by atoms with E-state index in [1.54, 1.807) is 4.90 Å². The summed E-state index contributed by atoms with van der Waals surface area (Å²) in [5, 5.41) is 1.79. The quantitative estimate of drug-likeness (QED) is 0.544. The van der Waals surface area contributed by atoms with Crippen molar-refractivity contribution in [3.63, 3.8) is 0 Å². The zero-order valence-electron chi connectivity index (χ0n) is 18.5. The fraction of sp³-hybridized carbons (Fsp3) is 0.400. The third-order valence-corrected chi connectivity index (χ3v) is 6.26. The van der Waals surface area contributed by atoms with E-state index in [1.165, 1.54) is 5.56 Å². The minimum Gasteiger partial charge on any atom is -0.488 e. The van der Waals surface area contributed by atoms with E-state index in [2.05, 4.69) is 4.98 Å². The zero-order valence-corrected chi connectivity index (χ0v) is 19.3. The second-order valence-corrected chi connectivity index (χ2v) is 8.66. The van der Waals surface area contributed by atoms with Crippen molar-refractivity contribution >= 4 is 28.6 Å². The van der Waals surface area contributed by atoms with Crippen molar-refractivity contribution < 1.29 is 23.7 Å². The molecule has 174 valence electrons. The number of hydrogen-bond donors (Lipinski definition) is 1. The van der Waals surface area contributed by atoms with Crippen LogP contribution in [0.1, 0.15) is 36.2 Å². The molecule has 1 atom stereocenters. The van der Waals surface area contributed by atoms with Gasteiger partial charge in [-0.3, -0.25) is 4.90 Å². The van der Waals surface area contributed by atoms with E-state index in [4.69, 9.17) is 30.5 Å². The Bertz CT molecular complexity index is 1120. The number of hydrogen-bond acceptors (Lipinski definition) is 5. The molecule has 1 amide bonds. The molecule has 0 saturated carbocycles. The number of carbonyl (C=O) groups is 1. The lowest BCUT2D eigenvalue weighted by Crippen LogP contribution is -2.41. The van der Waals surface area contributed by atoms with E-state index in [9.17, 15) is 4.79 Å². The minimum absolute atomic E-state index is 0.292. The number of fused-ring (bicyclic) bond motifs is 3. The van der Waals surface area contributed by atoms with E-state index in [0.717, 1.165) is 40.8 Å². The number of ether oxygens (including phenoxy) is 4. The van der Waals surface area contributed by atoms with Crippen LogP contribution in [0.15, 0.2) is 42.5 Å². The van der Waals surface area contributed by atoms with Crippen molar-refractivity contribution in [3.05, 3.63) is 64.3 Å². The van der Waals surface area contributed by atoms with Gasteiger partial charge in [-0.1, -0.05) is 30.7 Å². The fourth-order valence-corrected chi connectivity index (χ4v) is 4.66. The average Bonchev–Trinajstić information content (AvgIpc) is 3.48. The second-order valence-electron chi connectivity index (χ2n) is 8.22. The molecular formula is C25H27ClN2O5. The molecular weight excluding hydrogens is 444 g/mol. The number of aromatic amines is 1. The number of halogens is 1. The molecule has 3 heterocycles. The largest absolute Gasteiger partial charge is 0.488 e. The van der Waals surface area contributed by atoms with Gasteiger partial charge in [-0.15, -0.1) is 0 Å². The number of H-pyrrole nitrogens is 1. The molecule has 33 heavy (non-hydrogen) atoms. The molecule has 2 aliphatic heterocycles. The highest BCUT2D eigenvalue weighted by Gasteiger charge is 2.35. The smallest absolute Gasteiger partial charge is 0.410 e. The summed E-state index contributed by atoms with van der Waals surface area (Å²) in [6, 6.07) is 13.3. The van der Waals surface area contributed by atoms with Gasteiger partial charge in [0.2, 0.25) is 0 Å². The van der Waals surface area contributed by atoms with Crippen molar-refractivity contribution in [1.82, 2.24) is 9.88 Å².